The predicted molar refractivity (Wildman–Crippen MR) is 101 cm³/mol. The van der Waals surface area contributed by atoms with Crippen LogP contribution in [0.5, 0.6) is 0 Å². The SMILES string of the molecule is COC(=O)CCc1nc(-c2csc([AsH]C(=O)OCc3ccccc3)c2)no1. The molecule has 1 atom stereocenters. The molecule has 0 radical (unpaired) electrons. The Hall–Kier alpha value is -2.44. The number of nitrogens with zero attached hydrogens (tertiary/aromatic N) is 2. The van der Waals surface area contributed by atoms with Crippen LogP contribution in [0, 0.1) is 0 Å². The number of aromatic nitrogens is 2. The van der Waals surface area contributed by atoms with Gasteiger partial charge in [0.15, 0.2) is 0 Å². The average Bonchev–Trinajstić information content (AvgIpc) is 3.34. The molecule has 1 unspecified atom stereocenters. The monoisotopic (exact) mass is 448 g/mol. The Kier molecular flexibility index (Phi) is 6.79. The molecule has 0 amide bonds. The van der Waals surface area contributed by atoms with E-state index in [0.717, 1.165) is 14.8 Å². The molecule has 0 aliphatic rings. The Morgan fingerprint density at radius 3 is 2.85 bits per heavy atom. The first-order valence-corrected chi connectivity index (χ1v) is 11.1. The molecule has 7 nitrogen and oxygen atoms in total. The Labute approximate surface area is 166 Å². The number of benzene rings is 1. The zero-order valence-electron chi connectivity index (χ0n) is 14.5. The summed E-state index contributed by atoms with van der Waals surface area (Å²) in [5, 5.41) is 5.81. The summed E-state index contributed by atoms with van der Waals surface area (Å²) in [6, 6.07) is 11.5. The van der Waals surface area contributed by atoms with E-state index in [0.29, 0.717) is 18.1 Å². The molecule has 0 saturated carbocycles. The number of aryl methyl sites for hydroxylation is 1. The third-order valence-electron chi connectivity index (χ3n) is 3.53. The zero-order valence-corrected chi connectivity index (χ0v) is 17.4. The van der Waals surface area contributed by atoms with Crippen molar-refractivity contribution in [3.05, 3.63) is 53.2 Å². The standard InChI is InChI=1S/C18H17AsN2O5S/c1-24-16(22)8-7-15-20-17(21-26-15)13-9-14(27-11-13)19-18(23)25-10-12-5-3-2-4-6-12/h2-6,9,11,19H,7-8,10H2,1H3. The molecule has 0 bridgehead atoms. The quantitative estimate of drug-likeness (QED) is 0.386. The van der Waals surface area contributed by atoms with Crippen LogP contribution in [0.1, 0.15) is 17.9 Å². The molecule has 0 N–H and O–H groups in total. The summed E-state index contributed by atoms with van der Waals surface area (Å²) >= 11 is 0.429. The number of rotatable bonds is 8. The molecule has 3 rings (SSSR count). The van der Waals surface area contributed by atoms with Crippen LogP contribution in [0.2, 0.25) is 0 Å². The number of ether oxygens (including phenoxy) is 2. The fourth-order valence-corrected chi connectivity index (χ4v) is 5.22. The van der Waals surface area contributed by atoms with Crippen molar-refractivity contribution >= 4 is 41.5 Å². The maximum absolute atomic E-state index is 12.1. The summed E-state index contributed by atoms with van der Waals surface area (Å²) in [4.78, 5) is 27.5. The summed E-state index contributed by atoms with van der Waals surface area (Å²) in [6.07, 6.45) is 0.517. The Balaban J connectivity index is 1.53. The van der Waals surface area contributed by atoms with Crippen LogP contribution >= 0.6 is 11.3 Å². The van der Waals surface area contributed by atoms with E-state index < -0.39 is 15.8 Å². The Morgan fingerprint density at radius 1 is 1.26 bits per heavy atom. The van der Waals surface area contributed by atoms with E-state index in [9.17, 15) is 9.59 Å². The van der Waals surface area contributed by atoms with Gasteiger partial charge >= 0.3 is 166 Å². The van der Waals surface area contributed by atoms with Crippen LogP contribution in [0.4, 0.5) is 4.79 Å². The molecule has 2 heterocycles. The summed E-state index contributed by atoms with van der Waals surface area (Å²) in [7, 11) is 1.34. The van der Waals surface area contributed by atoms with Crippen LogP contribution in [-0.2, 0) is 27.3 Å². The first kappa shape index (κ1) is 19.3. The summed E-state index contributed by atoms with van der Waals surface area (Å²) in [5.74, 6) is 0.495. The van der Waals surface area contributed by atoms with Crippen molar-refractivity contribution in [3.8, 4) is 11.4 Å². The fourth-order valence-electron chi connectivity index (χ4n) is 2.16. The minimum absolute atomic E-state index is 0.167. The van der Waals surface area contributed by atoms with Crippen molar-refractivity contribution in [2.24, 2.45) is 0 Å². The van der Waals surface area contributed by atoms with Crippen LogP contribution in [0.3, 0.4) is 0 Å². The second kappa shape index (κ2) is 9.48. The van der Waals surface area contributed by atoms with Crippen LogP contribution < -0.4 is 3.66 Å². The molecule has 0 saturated heterocycles. The van der Waals surface area contributed by atoms with Crippen molar-refractivity contribution in [2.75, 3.05) is 7.11 Å². The second-order valence-corrected chi connectivity index (χ2v) is 9.66. The van der Waals surface area contributed by atoms with E-state index in [1.165, 1.54) is 18.4 Å². The molecule has 3 aromatic rings. The van der Waals surface area contributed by atoms with Gasteiger partial charge in [-0.2, -0.15) is 0 Å². The van der Waals surface area contributed by atoms with E-state index >= 15 is 0 Å². The molecule has 1 aromatic carbocycles. The topological polar surface area (TPSA) is 91.5 Å². The van der Waals surface area contributed by atoms with Gasteiger partial charge in [-0.3, -0.25) is 0 Å². The van der Waals surface area contributed by atoms with E-state index in [4.69, 9.17) is 9.26 Å². The molecule has 0 spiro atoms. The van der Waals surface area contributed by atoms with Gasteiger partial charge in [-0.15, -0.1) is 0 Å². The van der Waals surface area contributed by atoms with Crippen LogP contribution in [-0.4, -0.2) is 43.7 Å². The van der Waals surface area contributed by atoms with Gasteiger partial charge in [0.25, 0.3) is 0 Å². The zero-order chi connectivity index (χ0) is 19.1. The van der Waals surface area contributed by atoms with Crippen molar-refractivity contribution in [1.29, 1.82) is 0 Å². The summed E-state index contributed by atoms with van der Waals surface area (Å²) < 4.78 is 15.9. The van der Waals surface area contributed by atoms with Gasteiger partial charge in [0.05, 0.1) is 0 Å². The molecule has 0 fully saturated rings. The summed E-state index contributed by atoms with van der Waals surface area (Å²) in [5.41, 5.74) is 1.76. The summed E-state index contributed by atoms with van der Waals surface area (Å²) in [6.45, 7) is 0.288. The molecule has 2 aromatic heterocycles. The third-order valence-corrected chi connectivity index (χ3v) is 7.10. The molecule has 9 heteroatoms. The molecule has 27 heavy (non-hydrogen) atoms. The van der Waals surface area contributed by atoms with Crippen molar-refractivity contribution in [2.45, 2.75) is 19.4 Å². The Bertz CT molecular complexity index is 909. The predicted octanol–water partition coefficient (Wildman–Crippen LogP) is 2.30. The fraction of sp³-hybridized carbons (Fsp3) is 0.222. The third kappa shape index (κ3) is 5.77. The van der Waals surface area contributed by atoms with E-state index in [1.807, 2.05) is 41.8 Å². The maximum atomic E-state index is 12.1. The van der Waals surface area contributed by atoms with E-state index in [2.05, 4.69) is 14.9 Å². The number of esters is 1. The van der Waals surface area contributed by atoms with Crippen LogP contribution in [0.15, 0.2) is 46.3 Å². The first-order valence-electron chi connectivity index (χ1n) is 8.10. The number of hydrogen-bond donors (Lipinski definition) is 0. The van der Waals surface area contributed by atoms with E-state index in [1.54, 1.807) is 0 Å². The van der Waals surface area contributed by atoms with Gasteiger partial charge in [0.1, 0.15) is 0 Å². The average molecular weight is 448 g/mol. The number of thiophene rings is 1. The number of carbonyl (C=O) groups is 2. The van der Waals surface area contributed by atoms with Gasteiger partial charge < -0.3 is 0 Å². The molecule has 0 aliphatic carbocycles. The van der Waals surface area contributed by atoms with Crippen molar-refractivity contribution in [1.82, 2.24) is 10.1 Å². The number of methoxy groups -OCH3 is 1. The van der Waals surface area contributed by atoms with Crippen molar-refractivity contribution < 1.29 is 23.6 Å². The molecule has 140 valence electrons. The molecular weight excluding hydrogens is 431 g/mol. The normalized spacial score (nSPS) is 11.0. The van der Waals surface area contributed by atoms with Crippen molar-refractivity contribution in [3.63, 3.8) is 0 Å². The number of carbonyl (C=O) groups excluding carboxylic acids is 2. The van der Waals surface area contributed by atoms with Gasteiger partial charge in [-0.05, 0) is 0 Å². The van der Waals surface area contributed by atoms with E-state index in [-0.39, 0.29) is 23.8 Å². The minimum atomic E-state index is -1.06. The van der Waals surface area contributed by atoms with Gasteiger partial charge in [0.2, 0.25) is 0 Å². The molecular formula is C18H17AsN2O5S. The number of hydrogen-bond acceptors (Lipinski definition) is 8. The van der Waals surface area contributed by atoms with Gasteiger partial charge in [-0.1, -0.05) is 0 Å². The molecule has 0 aliphatic heterocycles. The first-order chi connectivity index (χ1) is 13.1. The second-order valence-electron chi connectivity index (χ2n) is 5.47. The van der Waals surface area contributed by atoms with Gasteiger partial charge in [-0.25, -0.2) is 0 Å². The van der Waals surface area contributed by atoms with Crippen LogP contribution in [0.25, 0.3) is 11.4 Å². The Morgan fingerprint density at radius 2 is 2.07 bits per heavy atom. The van der Waals surface area contributed by atoms with Gasteiger partial charge in [0, 0.05) is 0 Å².